The van der Waals surface area contributed by atoms with Crippen molar-refractivity contribution in [2.45, 2.75) is 37.9 Å². The number of rotatable bonds is 5. The average molecular weight is 474 g/mol. The van der Waals surface area contributed by atoms with Gasteiger partial charge in [0.25, 0.3) is 5.91 Å². The predicted molar refractivity (Wildman–Crippen MR) is 120 cm³/mol. The summed E-state index contributed by atoms with van der Waals surface area (Å²) in [5, 5.41) is 5.11. The number of urea groups is 1. The van der Waals surface area contributed by atoms with E-state index in [1.54, 1.807) is 37.3 Å². The van der Waals surface area contributed by atoms with Crippen molar-refractivity contribution in [1.82, 2.24) is 10.2 Å². The number of hydrogen-bond acceptors (Lipinski definition) is 4. The number of piperidine rings is 1. The first-order chi connectivity index (χ1) is 16.1. The first kappa shape index (κ1) is 23.6. The van der Waals surface area contributed by atoms with Crippen molar-refractivity contribution >= 4 is 29.2 Å². The molecule has 180 valence electrons. The Kier molecular flexibility index (Phi) is 6.24. The van der Waals surface area contributed by atoms with E-state index in [1.165, 1.54) is 6.07 Å². The van der Waals surface area contributed by atoms with Crippen LogP contribution in [0.5, 0.6) is 0 Å². The highest BCUT2D eigenvalue weighted by Gasteiger charge is 2.49. The quantitative estimate of drug-likeness (QED) is 0.640. The highest BCUT2D eigenvalue weighted by molar-refractivity contribution is 6.10. The number of carbonyl (C=O) groups excluding carboxylic acids is 3. The lowest BCUT2D eigenvalue weighted by Gasteiger charge is -2.31. The highest BCUT2D eigenvalue weighted by Crippen LogP contribution is 2.36. The third kappa shape index (κ3) is 4.57. The summed E-state index contributed by atoms with van der Waals surface area (Å²) in [5.74, 6) is -1.38. The zero-order valence-corrected chi connectivity index (χ0v) is 18.6. The van der Waals surface area contributed by atoms with Crippen molar-refractivity contribution in [2.75, 3.05) is 29.9 Å². The van der Waals surface area contributed by atoms with Crippen LogP contribution in [0.1, 0.15) is 37.3 Å². The molecule has 0 aliphatic carbocycles. The van der Waals surface area contributed by atoms with Crippen molar-refractivity contribution in [3.63, 3.8) is 0 Å². The molecule has 1 atom stereocenters. The Morgan fingerprint density at radius 3 is 2.38 bits per heavy atom. The topological polar surface area (TPSA) is 81.8 Å². The van der Waals surface area contributed by atoms with Gasteiger partial charge in [-0.15, -0.1) is 0 Å². The molecule has 2 fully saturated rings. The summed E-state index contributed by atoms with van der Waals surface area (Å²) in [5.41, 5.74) is -1.20. The minimum absolute atomic E-state index is 0.000370. The number of amides is 4. The van der Waals surface area contributed by atoms with Crippen molar-refractivity contribution in [3.05, 3.63) is 59.7 Å². The molecule has 0 radical (unpaired) electrons. The van der Waals surface area contributed by atoms with E-state index in [-0.39, 0.29) is 5.69 Å². The number of carbonyl (C=O) groups is 3. The maximum Gasteiger partial charge on any atom is 0.416 e. The van der Waals surface area contributed by atoms with E-state index in [1.807, 2.05) is 4.90 Å². The molecular weight excluding hydrogens is 449 g/mol. The molecule has 2 heterocycles. The van der Waals surface area contributed by atoms with Gasteiger partial charge in [0.05, 0.1) is 16.9 Å². The van der Waals surface area contributed by atoms with Crippen LogP contribution >= 0.6 is 0 Å². The number of alkyl halides is 3. The lowest BCUT2D eigenvalue weighted by Crippen LogP contribution is -2.42. The average Bonchev–Trinajstić information content (AvgIpc) is 3.03. The van der Waals surface area contributed by atoms with Gasteiger partial charge < -0.3 is 15.5 Å². The summed E-state index contributed by atoms with van der Waals surface area (Å²) in [6.07, 6.45) is -1.75. The van der Waals surface area contributed by atoms with Crippen LogP contribution in [-0.2, 0) is 21.3 Å². The van der Waals surface area contributed by atoms with Crippen molar-refractivity contribution in [2.24, 2.45) is 0 Å². The second-order valence-corrected chi connectivity index (χ2v) is 8.64. The molecule has 2 aliphatic heterocycles. The van der Waals surface area contributed by atoms with Crippen LogP contribution < -0.4 is 15.5 Å². The molecule has 2 aromatic carbocycles. The van der Waals surface area contributed by atoms with Crippen molar-refractivity contribution < 1.29 is 27.6 Å². The largest absolute Gasteiger partial charge is 0.416 e. The molecule has 2 saturated heterocycles. The van der Waals surface area contributed by atoms with Gasteiger partial charge in [-0.2, -0.15) is 13.2 Å². The Bertz CT molecular complexity index is 1100. The number of halogens is 3. The summed E-state index contributed by atoms with van der Waals surface area (Å²) >= 11 is 0. The molecule has 0 spiro atoms. The number of anilines is 2. The molecule has 0 saturated carbocycles. The summed E-state index contributed by atoms with van der Waals surface area (Å²) in [7, 11) is 0. The standard InChI is InChI=1S/C24H25F3N4O3/c1-23(16-8-4-2-5-9-16)21(33)31(22(34)29-23)15-20(32)28-18-14-17(24(25,26)27)10-11-19(18)30-12-6-3-7-13-30/h2,4-5,8-11,14H,3,6-7,12-13,15H2,1H3,(H,28,32)(H,29,34)/t23-/m1/s1. The smallest absolute Gasteiger partial charge is 0.370 e. The first-order valence-corrected chi connectivity index (χ1v) is 11.1. The van der Waals surface area contributed by atoms with Gasteiger partial charge in [-0.1, -0.05) is 30.3 Å². The van der Waals surface area contributed by atoms with E-state index in [4.69, 9.17) is 0 Å². The summed E-state index contributed by atoms with van der Waals surface area (Å²) < 4.78 is 40.0. The fourth-order valence-electron chi connectivity index (χ4n) is 4.36. The number of hydrogen-bond donors (Lipinski definition) is 2. The van der Waals surface area contributed by atoms with E-state index < -0.39 is 41.7 Å². The summed E-state index contributed by atoms with van der Waals surface area (Å²) in [6, 6.07) is 11.1. The van der Waals surface area contributed by atoms with Gasteiger partial charge in [-0.05, 0) is 49.9 Å². The molecule has 34 heavy (non-hydrogen) atoms. The van der Waals surface area contributed by atoms with Gasteiger partial charge in [0.2, 0.25) is 5.91 Å². The molecule has 2 aromatic rings. The third-order valence-electron chi connectivity index (χ3n) is 6.22. The zero-order chi connectivity index (χ0) is 24.5. The van der Waals surface area contributed by atoms with Crippen LogP contribution in [0.4, 0.5) is 29.3 Å². The minimum atomic E-state index is -4.58. The second-order valence-electron chi connectivity index (χ2n) is 8.64. The molecule has 2 aliphatic rings. The number of nitrogens with zero attached hydrogens (tertiary/aromatic N) is 2. The van der Waals surface area contributed by atoms with Gasteiger partial charge in [-0.3, -0.25) is 14.5 Å². The van der Waals surface area contributed by atoms with E-state index in [9.17, 15) is 27.6 Å². The maximum absolute atomic E-state index is 13.3. The number of nitrogens with one attached hydrogen (secondary N) is 2. The molecule has 4 amide bonds. The molecule has 4 rings (SSSR count). The van der Waals surface area contributed by atoms with Crippen LogP contribution in [-0.4, -0.2) is 42.4 Å². The molecule has 0 bridgehead atoms. The van der Waals surface area contributed by atoms with E-state index in [2.05, 4.69) is 10.6 Å². The Hall–Kier alpha value is -3.56. The van der Waals surface area contributed by atoms with E-state index in [0.717, 1.165) is 36.3 Å². The van der Waals surface area contributed by atoms with Crippen LogP contribution in [0.2, 0.25) is 0 Å². The number of imide groups is 1. The van der Waals surface area contributed by atoms with Crippen LogP contribution in [0.15, 0.2) is 48.5 Å². The maximum atomic E-state index is 13.3. The lowest BCUT2D eigenvalue weighted by molar-refractivity contribution is -0.137. The molecule has 10 heteroatoms. The zero-order valence-electron chi connectivity index (χ0n) is 18.6. The third-order valence-corrected chi connectivity index (χ3v) is 6.22. The molecular formula is C24H25F3N4O3. The minimum Gasteiger partial charge on any atom is -0.370 e. The number of benzene rings is 2. The summed E-state index contributed by atoms with van der Waals surface area (Å²) in [6.45, 7) is 2.25. The molecule has 0 aromatic heterocycles. The Labute approximate surface area is 194 Å². The first-order valence-electron chi connectivity index (χ1n) is 11.1. The fourth-order valence-corrected chi connectivity index (χ4v) is 4.36. The predicted octanol–water partition coefficient (Wildman–Crippen LogP) is 4.10. The Morgan fingerprint density at radius 2 is 1.74 bits per heavy atom. The molecule has 7 nitrogen and oxygen atoms in total. The van der Waals surface area contributed by atoms with Crippen LogP contribution in [0.3, 0.4) is 0 Å². The van der Waals surface area contributed by atoms with E-state index in [0.29, 0.717) is 24.3 Å². The molecule has 0 unspecified atom stereocenters. The van der Waals surface area contributed by atoms with Crippen molar-refractivity contribution in [3.8, 4) is 0 Å². The van der Waals surface area contributed by atoms with Gasteiger partial charge in [0, 0.05) is 13.1 Å². The lowest BCUT2D eigenvalue weighted by atomic mass is 9.92. The van der Waals surface area contributed by atoms with Gasteiger partial charge in [0.15, 0.2) is 0 Å². The van der Waals surface area contributed by atoms with Crippen LogP contribution in [0.25, 0.3) is 0 Å². The molecule has 2 N–H and O–H groups in total. The van der Waals surface area contributed by atoms with Gasteiger partial charge in [-0.25, -0.2) is 4.79 Å². The van der Waals surface area contributed by atoms with Crippen molar-refractivity contribution in [1.29, 1.82) is 0 Å². The van der Waals surface area contributed by atoms with Gasteiger partial charge in [0.1, 0.15) is 12.1 Å². The van der Waals surface area contributed by atoms with E-state index >= 15 is 0 Å². The summed E-state index contributed by atoms with van der Waals surface area (Å²) in [4.78, 5) is 41.1. The normalized spacial score (nSPS) is 20.9. The fraction of sp³-hybridized carbons (Fsp3) is 0.375. The van der Waals surface area contributed by atoms with Crippen LogP contribution in [0, 0.1) is 0 Å². The monoisotopic (exact) mass is 474 g/mol. The van der Waals surface area contributed by atoms with Gasteiger partial charge >= 0.3 is 12.2 Å². The Balaban J connectivity index is 1.55. The highest BCUT2D eigenvalue weighted by atomic mass is 19.4. The second kappa shape index (κ2) is 9.00. The SMILES string of the molecule is C[C@]1(c2ccccc2)NC(=O)N(CC(=O)Nc2cc(C(F)(F)F)ccc2N2CCCCC2)C1=O. The Morgan fingerprint density at radius 1 is 1.06 bits per heavy atom.